The van der Waals surface area contributed by atoms with Crippen LogP contribution in [0, 0.1) is 6.92 Å². The fraction of sp³-hybridized carbons (Fsp3) is 0.846. The minimum atomic E-state index is -0.361. The number of carbonyl (C=O) groups excluding carboxylic acids is 1. The van der Waals surface area contributed by atoms with Crippen LogP contribution in [0.2, 0.25) is 0 Å². The van der Waals surface area contributed by atoms with Gasteiger partial charge in [-0.1, -0.05) is 148 Å². The Morgan fingerprint density at radius 1 is 0.759 bits per heavy atom. The molecule has 0 saturated heterocycles. The molecule has 0 radical (unpaired) electrons. The Kier molecular flexibility index (Phi) is 24.8. The first-order valence-corrected chi connectivity index (χ1v) is 12.3. The van der Waals surface area contributed by atoms with E-state index in [1.165, 1.54) is 115 Å². The van der Waals surface area contributed by atoms with Crippen molar-refractivity contribution in [2.45, 2.75) is 141 Å². The fourth-order valence-corrected chi connectivity index (χ4v) is 3.83. The Morgan fingerprint density at radius 2 is 1.07 bits per heavy atom. The average Bonchev–Trinajstić information content (AvgIpc) is 2.66. The van der Waals surface area contributed by atoms with Gasteiger partial charge in [0.1, 0.15) is 0 Å². The van der Waals surface area contributed by atoms with Gasteiger partial charge in [-0.2, -0.15) is 0 Å². The van der Waals surface area contributed by atoms with Crippen LogP contribution in [-0.2, 0) is 4.79 Å². The van der Waals surface area contributed by atoms with Gasteiger partial charge in [0.15, 0.2) is 0 Å². The van der Waals surface area contributed by atoms with Gasteiger partial charge in [-0.25, -0.2) is 0 Å². The largest absolute Gasteiger partial charge is 1.00 e. The molecule has 0 rings (SSSR count). The van der Waals surface area contributed by atoms with Crippen LogP contribution in [0.3, 0.4) is 0 Å². The number of hydrogen-bond donors (Lipinski definition) is 1. The molecule has 0 spiro atoms. The van der Waals surface area contributed by atoms with Gasteiger partial charge in [-0.15, -0.1) is 0 Å². The smallest absolute Gasteiger partial charge is 0.377 e. The Hall–Kier alpha value is 0.210. The second-order valence-corrected chi connectivity index (χ2v) is 9.01. The normalized spacial score (nSPS) is 12.8. The van der Waals surface area contributed by atoms with Crippen molar-refractivity contribution in [3.63, 3.8) is 0 Å². The summed E-state index contributed by atoms with van der Waals surface area (Å²) in [6.45, 7) is 11.9. The van der Waals surface area contributed by atoms with Crippen LogP contribution < -0.4 is 34.9 Å². The number of rotatable bonds is 21. The third-order valence-corrected chi connectivity index (χ3v) is 5.69. The molecule has 3 heteroatoms. The molecule has 2 nitrogen and oxygen atoms in total. The molecule has 1 unspecified atom stereocenters. The predicted molar refractivity (Wildman–Crippen MR) is 125 cm³/mol. The molecule has 0 aromatic rings. The molecule has 0 bridgehead atoms. The minimum Gasteiger partial charge on any atom is -0.377 e. The van der Waals surface area contributed by atoms with Crippen molar-refractivity contribution in [1.82, 2.24) is 5.32 Å². The summed E-state index contributed by atoms with van der Waals surface area (Å²) in [7, 11) is 0. The summed E-state index contributed by atoms with van der Waals surface area (Å²) in [6.07, 6.45) is 27.3. The molecule has 29 heavy (non-hydrogen) atoms. The zero-order chi connectivity index (χ0) is 20.9. The number of hydrogen-bond acceptors (Lipinski definition) is 1. The Balaban J connectivity index is 0. The van der Waals surface area contributed by atoms with Crippen molar-refractivity contribution in [3.8, 4) is 0 Å². The Bertz CT molecular complexity index is 368. The molecule has 0 aromatic heterocycles. The van der Waals surface area contributed by atoms with Crippen molar-refractivity contribution >= 4 is 5.91 Å². The van der Waals surface area contributed by atoms with Crippen molar-refractivity contribution in [3.05, 3.63) is 19.6 Å². The molecule has 0 aliphatic carbocycles. The molecule has 0 aliphatic heterocycles. The van der Waals surface area contributed by atoms with Crippen LogP contribution in [0.15, 0.2) is 12.7 Å². The van der Waals surface area contributed by atoms with E-state index in [0.717, 1.165) is 12.8 Å². The maximum absolute atomic E-state index is 11.4. The monoisotopic (exact) mass is 415 g/mol. The minimum absolute atomic E-state index is 0. The third kappa shape index (κ3) is 24.4. The van der Waals surface area contributed by atoms with Crippen LogP contribution in [0.4, 0.5) is 0 Å². The SMILES string of the molecule is C=CC(=O)NC([CH2-])(C)CCCCCCCCCCCCCCCCCCCC.[Na+]. The maximum atomic E-state index is 11.4. The standard InChI is InChI=1S/C26H50NO.Na/c1-5-7-8-9-10-11-12-13-14-15-16-17-18-19-20-21-22-23-24-26(3,4)27-25(28)6-2;/h6H,2-3,5,7-24H2,1,4H3,(H,27,28);/q-1;+1. The number of amides is 1. The van der Waals surface area contributed by atoms with Gasteiger partial charge in [0, 0.05) is 0 Å². The van der Waals surface area contributed by atoms with Gasteiger partial charge in [0.25, 0.3) is 0 Å². The second-order valence-electron chi connectivity index (χ2n) is 9.01. The van der Waals surface area contributed by atoms with E-state index < -0.39 is 0 Å². The number of nitrogens with one attached hydrogen (secondary N) is 1. The first-order chi connectivity index (χ1) is 13.5. The topological polar surface area (TPSA) is 29.1 Å². The van der Waals surface area contributed by atoms with Crippen LogP contribution in [0.5, 0.6) is 0 Å². The van der Waals surface area contributed by atoms with Gasteiger partial charge in [-0.05, 0) is 6.08 Å². The van der Waals surface area contributed by atoms with Crippen molar-refractivity contribution in [1.29, 1.82) is 0 Å². The first kappa shape index (κ1) is 31.4. The molecule has 0 fully saturated rings. The molecular weight excluding hydrogens is 365 g/mol. The number of unbranched alkanes of at least 4 members (excludes halogenated alkanes) is 17. The zero-order valence-corrected chi connectivity index (χ0v) is 22.3. The summed E-state index contributed by atoms with van der Waals surface area (Å²) >= 11 is 0. The van der Waals surface area contributed by atoms with E-state index in [-0.39, 0.29) is 41.0 Å². The van der Waals surface area contributed by atoms with Crippen molar-refractivity contribution < 1.29 is 34.4 Å². The van der Waals surface area contributed by atoms with E-state index in [0.29, 0.717) is 0 Å². The van der Waals surface area contributed by atoms with Crippen LogP contribution in [0.1, 0.15) is 136 Å². The van der Waals surface area contributed by atoms with Gasteiger partial charge in [0.05, 0.1) is 0 Å². The third-order valence-electron chi connectivity index (χ3n) is 5.69. The van der Waals surface area contributed by atoms with E-state index in [2.05, 4.69) is 25.7 Å². The van der Waals surface area contributed by atoms with Crippen LogP contribution in [0.25, 0.3) is 0 Å². The van der Waals surface area contributed by atoms with E-state index in [9.17, 15) is 4.79 Å². The van der Waals surface area contributed by atoms with E-state index in [4.69, 9.17) is 0 Å². The Morgan fingerprint density at radius 3 is 1.38 bits per heavy atom. The molecule has 1 N–H and O–H groups in total. The zero-order valence-electron chi connectivity index (χ0n) is 20.3. The van der Waals surface area contributed by atoms with E-state index >= 15 is 0 Å². The number of carbonyl (C=O) groups is 1. The van der Waals surface area contributed by atoms with E-state index in [1.54, 1.807) is 0 Å². The molecule has 0 aliphatic rings. The molecule has 166 valence electrons. The summed E-state index contributed by atoms with van der Waals surface area (Å²) < 4.78 is 0. The quantitative estimate of drug-likeness (QED) is 0.117. The average molecular weight is 416 g/mol. The summed E-state index contributed by atoms with van der Waals surface area (Å²) in [5.74, 6) is -0.125. The van der Waals surface area contributed by atoms with Gasteiger partial charge in [-0.3, -0.25) is 4.79 Å². The molecular formula is C26H50NNaO. The second kappa shape index (κ2) is 22.9. The van der Waals surface area contributed by atoms with Gasteiger partial charge in [0.2, 0.25) is 5.91 Å². The first-order valence-electron chi connectivity index (χ1n) is 12.3. The van der Waals surface area contributed by atoms with Crippen LogP contribution >= 0.6 is 0 Å². The maximum Gasteiger partial charge on any atom is 1.00 e. The van der Waals surface area contributed by atoms with Crippen molar-refractivity contribution in [2.75, 3.05) is 0 Å². The molecule has 1 amide bonds. The summed E-state index contributed by atoms with van der Waals surface area (Å²) in [5.41, 5.74) is -0.361. The summed E-state index contributed by atoms with van der Waals surface area (Å²) in [6, 6.07) is 0. The predicted octanol–water partition coefficient (Wildman–Crippen LogP) is 5.32. The molecule has 0 saturated carbocycles. The Labute approximate surface area is 205 Å². The summed E-state index contributed by atoms with van der Waals surface area (Å²) in [5, 5.41) is 2.89. The summed E-state index contributed by atoms with van der Waals surface area (Å²) in [4.78, 5) is 11.4. The van der Waals surface area contributed by atoms with Crippen LogP contribution in [-0.4, -0.2) is 11.4 Å². The fourth-order valence-electron chi connectivity index (χ4n) is 3.83. The molecule has 0 aromatic carbocycles. The van der Waals surface area contributed by atoms with Crippen molar-refractivity contribution in [2.24, 2.45) is 0 Å². The molecule has 1 atom stereocenters. The van der Waals surface area contributed by atoms with Gasteiger partial charge < -0.3 is 12.2 Å². The molecule has 0 heterocycles. The van der Waals surface area contributed by atoms with Gasteiger partial charge >= 0.3 is 29.6 Å². The van der Waals surface area contributed by atoms with E-state index in [1.807, 2.05) is 6.92 Å².